The molecule has 0 radical (unpaired) electrons. The number of aliphatic carboxylic acids is 1. The van der Waals surface area contributed by atoms with Crippen molar-refractivity contribution in [1.82, 2.24) is 0 Å². The highest BCUT2D eigenvalue weighted by Crippen LogP contribution is 2.10. The third-order valence-electron chi connectivity index (χ3n) is 1.49. The van der Waals surface area contributed by atoms with Gasteiger partial charge < -0.3 is 10.4 Å². The van der Waals surface area contributed by atoms with Crippen molar-refractivity contribution < 1.29 is 14.7 Å². The molecule has 0 unspecified atom stereocenters. The average molecular weight is 317 g/mol. The number of benzene rings is 1. The van der Waals surface area contributed by atoms with E-state index in [1.807, 2.05) is 12.1 Å². The Bertz CT molecular complexity index is 398. The second-order valence-electron chi connectivity index (χ2n) is 2.67. The fourth-order valence-corrected chi connectivity index (χ4v) is 1.22. The van der Waals surface area contributed by atoms with E-state index < -0.39 is 11.9 Å². The predicted octanol–water partition coefficient (Wildman–Crippen LogP) is 1.87. The van der Waals surface area contributed by atoms with E-state index in [1.54, 1.807) is 12.1 Å². The summed E-state index contributed by atoms with van der Waals surface area (Å²) in [5.74, 6) is -1.61. The number of anilines is 1. The quantitative estimate of drug-likeness (QED) is 0.661. The van der Waals surface area contributed by atoms with E-state index in [1.165, 1.54) is 0 Å². The van der Waals surface area contributed by atoms with Crippen molar-refractivity contribution in [2.24, 2.45) is 0 Å². The first-order valence-electron chi connectivity index (χ1n) is 4.05. The number of rotatable bonds is 3. The first-order valence-corrected chi connectivity index (χ1v) is 5.13. The Hall–Kier alpha value is -1.37. The summed E-state index contributed by atoms with van der Waals surface area (Å²) in [5, 5.41) is 10.8. The molecule has 0 atom stereocenters. The molecular formula is C10H8INO3. The molecule has 0 saturated carbocycles. The van der Waals surface area contributed by atoms with E-state index >= 15 is 0 Å². The maximum atomic E-state index is 11.1. The Morgan fingerprint density at radius 1 is 1.20 bits per heavy atom. The predicted molar refractivity (Wildman–Crippen MR) is 64.6 cm³/mol. The molecule has 0 heterocycles. The maximum Gasteiger partial charge on any atom is 0.328 e. The van der Waals surface area contributed by atoms with E-state index in [9.17, 15) is 9.59 Å². The van der Waals surface area contributed by atoms with Gasteiger partial charge in [0, 0.05) is 21.4 Å². The lowest BCUT2D eigenvalue weighted by Gasteiger charge is -2.00. The van der Waals surface area contributed by atoms with Crippen molar-refractivity contribution in [2.75, 3.05) is 5.32 Å². The van der Waals surface area contributed by atoms with Gasteiger partial charge in [-0.2, -0.15) is 0 Å². The third kappa shape index (κ3) is 4.59. The molecule has 0 bridgehead atoms. The molecule has 0 aliphatic rings. The minimum Gasteiger partial charge on any atom is -0.478 e. The standard InChI is InChI=1S/C10H8INO3/c11-7-1-3-8(4-2-7)12-9(13)5-6-10(14)15/h1-6H,(H,12,13)(H,14,15). The van der Waals surface area contributed by atoms with Gasteiger partial charge in [-0.25, -0.2) is 4.79 Å². The van der Waals surface area contributed by atoms with Crippen LogP contribution in [0.5, 0.6) is 0 Å². The zero-order chi connectivity index (χ0) is 11.3. The van der Waals surface area contributed by atoms with Crippen LogP contribution >= 0.6 is 22.6 Å². The van der Waals surface area contributed by atoms with Crippen LogP contribution in [0.4, 0.5) is 5.69 Å². The van der Waals surface area contributed by atoms with Gasteiger partial charge in [-0.15, -0.1) is 0 Å². The maximum absolute atomic E-state index is 11.1. The Morgan fingerprint density at radius 3 is 2.33 bits per heavy atom. The van der Waals surface area contributed by atoms with Crippen molar-refractivity contribution >= 4 is 40.2 Å². The molecule has 1 amide bonds. The van der Waals surface area contributed by atoms with Crippen molar-refractivity contribution in [1.29, 1.82) is 0 Å². The largest absolute Gasteiger partial charge is 0.478 e. The lowest BCUT2D eigenvalue weighted by atomic mass is 10.3. The SMILES string of the molecule is O=C(O)C=CC(=O)Nc1ccc(I)cc1. The van der Waals surface area contributed by atoms with Crippen molar-refractivity contribution in [2.45, 2.75) is 0 Å². The highest BCUT2D eigenvalue weighted by Gasteiger charge is 1.98. The Kier molecular flexibility index (Phi) is 4.29. The second kappa shape index (κ2) is 5.50. The Balaban J connectivity index is 2.59. The summed E-state index contributed by atoms with van der Waals surface area (Å²) in [6, 6.07) is 7.18. The average Bonchev–Trinajstić information content (AvgIpc) is 2.19. The number of halogens is 1. The minimum absolute atomic E-state index is 0.460. The summed E-state index contributed by atoms with van der Waals surface area (Å²) in [6.45, 7) is 0. The summed E-state index contributed by atoms with van der Waals surface area (Å²) < 4.78 is 1.06. The van der Waals surface area contributed by atoms with Crippen molar-refractivity contribution in [3.05, 3.63) is 40.0 Å². The monoisotopic (exact) mass is 317 g/mol. The molecule has 78 valence electrons. The van der Waals surface area contributed by atoms with Crippen LogP contribution < -0.4 is 5.32 Å². The third-order valence-corrected chi connectivity index (χ3v) is 2.21. The van der Waals surface area contributed by atoms with Crippen LogP contribution in [0.2, 0.25) is 0 Å². The first kappa shape index (κ1) is 11.7. The Labute approximate surface area is 100 Å². The van der Waals surface area contributed by atoms with Gasteiger partial charge in [-0.05, 0) is 46.9 Å². The molecule has 4 nitrogen and oxygen atoms in total. The molecule has 0 spiro atoms. The van der Waals surface area contributed by atoms with E-state index in [0.29, 0.717) is 5.69 Å². The minimum atomic E-state index is -1.15. The molecule has 1 rings (SSSR count). The summed E-state index contributed by atoms with van der Waals surface area (Å²) in [7, 11) is 0. The number of hydrogen-bond donors (Lipinski definition) is 2. The molecule has 2 N–H and O–H groups in total. The normalized spacial score (nSPS) is 10.2. The number of carbonyl (C=O) groups excluding carboxylic acids is 1. The summed E-state index contributed by atoms with van der Waals surface area (Å²) >= 11 is 2.15. The van der Waals surface area contributed by atoms with Crippen LogP contribution in [0.1, 0.15) is 0 Å². The van der Waals surface area contributed by atoms with Crippen molar-refractivity contribution in [3.63, 3.8) is 0 Å². The highest BCUT2D eigenvalue weighted by atomic mass is 127. The van der Waals surface area contributed by atoms with Gasteiger partial charge in [0.25, 0.3) is 0 Å². The van der Waals surface area contributed by atoms with Crippen LogP contribution in [-0.4, -0.2) is 17.0 Å². The van der Waals surface area contributed by atoms with Gasteiger partial charge in [-0.3, -0.25) is 4.79 Å². The topological polar surface area (TPSA) is 66.4 Å². The zero-order valence-electron chi connectivity index (χ0n) is 7.61. The molecule has 1 aromatic carbocycles. The lowest BCUT2D eigenvalue weighted by Crippen LogP contribution is -2.08. The number of amides is 1. The highest BCUT2D eigenvalue weighted by molar-refractivity contribution is 14.1. The van der Waals surface area contributed by atoms with E-state index in [0.717, 1.165) is 15.7 Å². The molecule has 0 aromatic heterocycles. The molecular weight excluding hydrogens is 309 g/mol. The summed E-state index contributed by atoms with van der Waals surface area (Å²) in [4.78, 5) is 21.3. The van der Waals surface area contributed by atoms with Crippen LogP contribution in [0.3, 0.4) is 0 Å². The molecule has 0 aliphatic carbocycles. The fourth-order valence-electron chi connectivity index (χ4n) is 0.864. The number of carbonyl (C=O) groups is 2. The number of carboxylic acid groups (broad SMARTS) is 1. The molecule has 15 heavy (non-hydrogen) atoms. The molecule has 1 aromatic rings. The molecule has 5 heteroatoms. The van der Waals surface area contributed by atoms with Gasteiger partial charge in [0.1, 0.15) is 0 Å². The first-order chi connectivity index (χ1) is 7.08. The van der Waals surface area contributed by atoms with Gasteiger partial charge in [-0.1, -0.05) is 0 Å². The van der Waals surface area contributed by atoms with Gasteiger partial charge >= 0.3 is 5.97 Å². The van der Waals surface area contributed by atoms with E-state index in [4.69, 9.17) is 5.11 Å². The van der Waals surface area contributed by atoms with Gasteiger partial charge in [0.05, 0.1) is 0 Å². The van der Waals surface area contributed by atoms with Crippen LogP contribution in [0.15, 0.2) is 36.4 Å². The molecule has 0 saturated heterocycles. The number of carboxylic acids is 1. The zero-order valence-corrected chi connectivity index (χ0v) is 9.76. The van der Waals surface area contributed by atoms with E-state index in [2.05, 4.69) is 27.9 Å². The lowest BCUT2D eigenvalue weighted by molar-refractivity contribution is -0.131. The molecule has 0 aliphatic heterocycles. The smallest absolute Gasteiger partial charge is 0.328 e. The van der Waals surface area contributed by atoms with Crippen LogP contribution in [0.25, 0.3) is 0 Å². The Morgan fingerprint density at radius 2 is 1.80 bits per heavy atom. The van der Waals surface area contributed by atoms with Gasteiger partial charge in [0.2, 0.25) is 5.91 Å². The fraction of sp³-hybridized carbons (Fsp3) is 0. The van der Waals surface area contributed by atoms with E-state index in [-0.39, 0.29) is 0 Å². The molecule has 0 fully saturated rings. The van der Waals surface area contributed by atoms with Crippen LogP contribution in [-0.2, 0) is 9.59 Å². The van der Waals surface area contributed by atoms with Crippen molar-refractivity contribution in [3.8, 4) is 0 Å². The number of nitrogens with one attached hydrogen (secondary N) is 1. The summed E-state index contributed by atoms with van der Waals surface area (Å²) in [6.07, 6.45) is 1.77. The second-order valence-corrected chi connectivity index (χ2v) is 3.91. The number of hydrogen-bond acceptors (Lipinski definition) is 2. The summed E-state index contributed by atoms with van der Waals surface area (Å²) in [5.41, 5.74) is 0.635. The van der Waals surface area contributed by atoms with Gasteiger partial charge in [0.15, 0.2) is 0 Å². The van der Waals surface area contributed by atoms with Crippen LogP contribution in [0, 0.1) is 3.57 Å².